The fourth-order valence-corrected chi connectivity index (χ4v) is 3.73. The molecule has 168 valence electrons. The highest BCUT2D eigenvalue weighted by Gasteiger charge is 2.16. The number of aromatic nitrogens is 4. The smallest absolute Gasteiger partial charge is 0.255 e. The van der Waals surface area contributed by atoms with Crippen LogP contribution in [0.15, 0.2) is 47.5 Å². The molecule has 2 N–H and O–H groups in total. The number of ether oxygens (including phenoxy) is 1. The number of morpholine rings is 1. The van der Waals surface area contributed by atoms with Gasteiger partial charge in [-0.15, -0.1) is 0 Å². The Hall–Kier alpha value is -3.46. The Morgan fingerprint density at radius 3 is 2.66 bits per heavy atom. The van der Waals surface area contributed by atoms with Gasteiger partial charge in [0.1, 0.15) is 0 Å². The van der Waals surface area contributed by atoms with Crippen molar-refractivity contribution in [3.8, 4) is 5.69 Å². The maximum absolute atomic E-state index is 12.5. The summed E-state index contributed by atoms with van der Waals surface area (Å²) >= 11 is 0. The number of aromatic amines is 1. The van der Waals surface area contributed by atoms with Crippen molar-refractivity contribution in [1.29, 1.82) is 0 Å². The molecule has 4 rings (SSSR count). The number of carbonyl (C=O) groups excluding carboxylic acids is 1. The van der Waals surface area contributed by atoms with Gasteiger partial charge in [0, 0.05) is 49.7 Å². The fraction of sp³-hybridized carbons (Fsp3) is 0.391. The highest BCUT2D eigenvalue weighted by molar-refractivity contribution is 5.76. The summed E-state index contributed by atoms with van der Waals surface area (Å²) in [6, 6.07) is 9.97. The number of anilines is 1. The highest BCUT2D eigenvalue weighted by Crippen LogP contribution is 2.12. The van der Waals surface area contributed by atoms with Crippen LogP contribution in [0.4, 0.5) is 5.95 Å². The van der Waals surface area contributed by atoms with E-state index in [2.05, 4.69) is 20.4 Å². The van der Waals surface area contributed by atoms with Crippen molar-refractivity contribution in [3.63, 3.8) is 0 Å². The molecule has 3 heterocycles. The van der Waals surface area contributed by atoms with Crippen molar-refractivity contribution in [2.45, 2.75) is 26.2 Å². The average molecular weight is 437 g/mol. The number of rotatable bonds is 8. The topological polar surface area (TPSA) is 105 Å². The maximum Gasteiger partial charge on any atom is 0.255 e. The molecule has 1 aliphatic heterocycles. The molecular weight excluding hydrogens is 408 g/mol. The molecule has 0 radical (unpaired) electrons. The lowest BCUT2D eigenvalue weighted by molar-refractivity contribution is -0.121. The number of aryl methyl sites for hydroxylation is 1. The van der Waals surface area contributed by atoms with Crippen LogP contribution in [0.25, 0.3) is 5.69 Å². The quantitative estimate of drug-likeness (QED) is 0.553. The van der Waals surface area contributed by atoms with E-state index in [9.17, 15) is 9.59 Å². The second-order valence-corrected chi connectivity index (χ2v) is 7.77. The molecule has 0 spiro atoms. The van der Waals surface area contributed by atoms with Gasteiger partial charge in [-0.1, -0.05) is 12.1 Å². The third-order valence-electron chi connectivity index (χ3n) is 5.56. The van der Waals surface area contributed by atoms with Crippen LogP contribution in [0.3, 0.4) is 0 Å². The van der Waals surface area contributed by atoms with Gasteiger partial charge < -0.3 is 15.0 Å². The summed E-state index contributed by atoms with van der Waals surface area (Å²) in [5.74, 6) is 0.497. The maximum atomic E-state index is 12.5. The van der Waals surface area contributed by atoms with E-state index in [1.807, 2.05) is 48.4 Å². The number of benzene rings is 1. The van der Waals surface area contributed by atoms with Gasteiger partial charge in [0.15, 0.2) is 0 Å². The van der Waals surface area contributed by atoms with Crippen LogP contribution in [0.2, 0.25) is 0 Å². The first-order chi connectivity index (χ1) is 15.6. The first kappa shape index (κ1) is 21.8. The molecule has 1 fully saturated rings. The second kappa shape index (κ2) is 10.2. The molecule has 9 heteroatoms. The minimum atomic E-state index is -0.177. The van der Waals surface area contributed by atoms with E-state index in [0.717, 1.165) is 17.7 Å². The summed E-state index contributed by atoms with van der Waals surface area (Å²) in [5.41, 5.74) is 3.18. The molecule has 1 aliphatic rings. The normalized spacial score (nSPS) is 13.8. The van der Waals surface area contributed by atoms with E-state index in [0.29, 0.717) is 56.5 Å². The van der Waals surface area contributed by atoms with Gasteiger partial charge in [-0.25, -0.2) is 9.67 Å². The van der Waals surface area contributed by atoms with Gasteiger partial charge >= 0.3 is 0 Å². The Balaban J connectivity index is 1.24. The van der Waals surface area contributed by atoms with Crippen LogP contribution in [-0.2, 0) is 22.4 Å². The van der Waals surface area contributed by atoms with Crippen LogP contribution >= 0.6 is 0 Å². The van der Waals surface area contributed by atoms with E-state index in [1.165, 1.54) is 0 Å². The standard InChI is InChI=1S/C23H28N6O3/c1-17-20(22(31)27-23(26-17)28-13-15-32-16-14-28)7-8-21(30)24-11-9-18-3-5-19(6-4-18)29-12-2-10-25-29/h2-6,10,12H,7-9,11,13-16H2,1H3,(H,24,30)(H,26,27,31). The Bertz CT molecular complexity index is 1090. The summed E-state index contributed by atoms with van der Waals surface area (Å²) in [4.78, 5) is 34.2. The van der Waals surface area contributed by atoms with Crippen LogP contribution in [0.5, 0.6) is 0 Å². The predicted molar refractivity (Wildman–Crippen MR) is 121 cm³/mol. The zero-order valence-electron chi connectivity index (χ0n) is 18.2. The van der Waals surface area contributed by atoms with Gasteiger partial charge in [0.05, 0.1) is 18.9 Å². The molecule has 0 aliphatic carbocycles. The van der Waals surface area contributed by atoms with Crippen LogP contribution in [0.1, 0.15) is 23.2 Å². The molecule has 32 heavy (non-hydrogen) atoms. The third-order valence-corrected chi connectivity index (χ3v) is 5.56. The second-order valence-electron chi connectivity index (χ2n) is 7.77. The van der Waals surface area contributed by atoms with E-state index in [4.69, 9.17) is 4.74 Å². The molecule has 2 aromatic heterocycles. The Morgan fingerprint density at radius 2 is 1.97 bits per heavy atom. The average Bonchev–Trinajstić information content (AvgIpc) is 3.34. The molecule has 1 amide bonds. The Labute approximate surface area is 186 Å². The molecule has 3 aromatic rings. The number of nitrogens with one attached hydrogen (secondary N) is 2. The largest absolute Gasteiger partial charge is 0.378 e. The Morgan fingerprint density at radius 1 is 1.19 bits per heavy atom. The molecular formula is C23H28N6O3. The lowest BCUT2D eigenvalue weighted by Gasteiger charge is -2.27. The van der Waals surface area contributed by atoms with E-state index >= 15 is 0 Å². The van der Waals surface area contributed by atoms with E-state index in [-0.39, 0.29) is 17.9 Å². The summed E-state index contributed by atoms with van der Waals surface area (Å²) in [6.45, 7) is 5.02. The first-order valence-corrected chi connectivity index (χ1v) is 10.9. The summed E-state index contributed by atoms with van der Waals surface area (Å²) in [6.07, 6.45) is 4.99. The van der Waals surface area contributed by atoms with Crippen LogP contribution in [0, 0.1) is 6.92 Å². The molecule has 9 nitrogen and oxygen atoms in total. The number of amides is 1. The van der Waals surface area contributed by atoms with E-state index in [1.54, 1.807) is 10.9 Å². The molecule has 0 unspecified atom stereocenters. The number of nitrogens with zero attached hydrogens (tertiary/aromatic N) is 4. The van der Waals surface area contributed by atoms with Gasteiger partial charge in [-0.05, 0) is 43.5 Å². The number of H-pyrrole nitrogens is 1. The van der Waals surface area contributed by atoms with Crippen molar-refractivity contribution in [2.75, 3.05) is 37.7 Å². The molecule has 0 bridgehead atoms. The Kier molecular flexibility index (Phi) is 6.96. The van der Waals surface area contributed by atoms with Crippen molar-refractivity contribution in [3.05, 3.63) is 69.9 Å². The minimum Gasteiger partial charge on any atom is -0.378 e. The molecule has 1 saturated heterocycles. The number of hydrogen-bond acceptors (Lipinski definition) is 6. The highest BCUT2D eigenvalue weighted by atomic mass is 16.5. The van der Waals surface area contributed by atoms with Crippen LogP contribution < -0.4 is 15.8 Å². The monoisotopic (exact) mass is 436 g/mol. The molecule has 1 aromatic carbocycles. The number of hydrogen-bond donors (Lipinski definition) is 2. The summed E-state index contributed by atoms with van der Waals surface area (Å²) in [5, 5.41) is 7.15. The van der Waals surface area contributed by atoms with Crippen molar-refractivity contribution in [1.82, 2.24) is 25.1 Å². The van der Waals surface area contributed by atoms with Gasteiger partial charge in [-0.2, -0.15) is 5.10 Å². The van der Waals surface area contributed by atoms with Gasteiger partial charge in [0.25, 0.3) is 5.56 Å². The minimum absolute atomic E-state index is 0.0748. The molecule has 0 atom stereocenters. The zero-order chi connectivity index (χ0) is 22.3. The predicted octanol–water partition coefficient (Wildman–Crippen LogP) is 1.39. The first-order valence-electron chi connectivity index (χ1n) is 10.9. The summed E-state index contributed by atoms with van der Waals surface area (Å²) in [7, 11) is 0. The van der Waals surface area contributed by atoms with Gasteiger partial charge in [0.2, 0.25) is 11.9 Å². The fourth-order valence-electron chi connectivity index (χ4n) is 3.73. The van der Waals surface area contributed by atoms with E-state index < -0.39 is 0 Å². The zero-order valence-corrected chi connectivity index (χ0v) is 18.2. The van der Waals surface area contributed by atoms with Gasteiger partial charge in [-0.3, -0.25) is 14.6 Å². The number of carbonyl (C=O) groups is 1. The SMILES string of the molecule is Cc1nc(N2CCOCC2)[nH]c(=O)c1CCC(=O)NCCc1ccc(-n2cccn2)cc1. The van der Waals surface area contributed by atoms with Crippen molar-refractivity contribution < 1.29 is 9.53 Å². The van der Waals surface area contributed by atoms with Crippen molar-refractivity contribution in [2.24, 2.45) is 0 Å². The lowest BCUT2D eigenvalue weighted by atomic mass is 10.1. The molecule has 0 saturated carbocycles. The lowest BCUT2D eigenvalue weighted by Crippen LogP contribution is -2.38. The van der Waals surface area contributed by atoms with Crippen LogP contribution in [-0.4, -0.2) is 58.5 Å². The van der Waals surface area contributed by atoms with Crippen molar-refractivity contribution >= 4 is 11.9 Å². The summed E-state index contributed by atoms with van der Waals surface area (Å²) < 4.78 is 7.14. The third kappa shape index (κ3) is 5.42.